The Hall–Kier alpha value is -4.40. The Balaban J connectivity index is 1.50. The van der Waals surface area contributed by atoms with Crippen LogP contribution in [0.15, 0.2) is 72.8 Å². The number of nitro benzene ring substituents is 1. The molecule has 4 rings (SSSR count). The minimum Gasteiger partial charge on any atom is -0.371 e. The molecule has 1 aliphatic heterocycles. The minimum atomic E-state index is -0.513. The van der Waals surface area contributed by atoms with Crippen molar-refractivity contribution in [3.63, 3.8) is 0 Å². The Morgan fingerprint density at radius 2 is 1.42 bits per heavy atom. The fourth-order valence-electron chi connectivity index (χ4n) is 3.74. The molecule has 0 spiro atoms. The molecule has 0 aromatic heterocycles. The van der Waals surface area contributed by atoms with Crippen molar-refractivity contribution in [2.24, 2.45) is 0 Å². The van der Waals surface area contributed by atoms with E-state index in [-0.39, 0.29) is 11.3 Å². The Bertz CT molecular complexity index is 1180. The van der Waals surface area contributed by atoms with Crippen LogP contribution in [0, 0.1) is 10.1 Å². The summed E-state index contributed by atoms with van der Waals surface area (Å²) in [4.78, 5) is 38.1. The number of hydrogen-bond acceptors (Lipinski definition) is 5. The van der Waals surface area contributed by atoms with Gasteiger partial charge in [-0.2, -0.15) is 0 Å². The zero-order chi connectivity index (χ0) is 23.2. The molecule has 3 aromatic rings. The number of hydrogen-bond donors (Lipinski definition) is 3. The topological polar surface area (TPSA) is 117 Å². The molecule has 1 heterocycles. The van der Waals surface area contributed by atoms with Gasteiger partial charge in [-0.3, -0.25) is 14.9 Å². The highest BCUT2D eigenvalue weighted by molar-refractivity contribution is 6.09. The van der Waals surface area contributed by atoms with Crippen LogP contribution in [0.5, 0.6) is 0 Å². The van der Waals surface area contributed by atoms with Crippen LogP contribution in [-0.4, -0.2) is 30.0 Å². The third kappa shape index (κ3) is 5.45. The number of carbonyl (C=O) groups is 2. The van der Waals surface area contributed by atoms with Crippen molar-refractivity contribution >= 4 is 40.4 Å². The summed E-state index contributed by atoms with van der Waals surface area (Å²) in [6.45, 7) is 1.60. The van der Waals surface area contributed by atoms with Gasteiger partial charge in [0.2, 0.25) is 0 Å². The third-order valence-corrected chi connectivity index (χ3v) is 5.29. The average molecular weight is 445 g/mol. The van der Waals surface area contributed by atoms with Crippen molar-refractivity contribution in [2.75, 3.05) is 33.9 Å². The van der Waals surface area contributed by atoms with Gasteiger partial charge in [0.1, 0.15) is 0 Å². The normalized spacial score (nSPS) is 12.8. The second kappa shape index (κ2) is 9.82. The van der Waals surface area contributed by atoms with E-state index in [1.807, 2.05) is 18.2 Å². The molecular formula is C24H23N5O4. The highest BCUT2D eigenvalue weighted by atomic mass is 16.6. The zero-order valence-electron chi connectivity index (χ0n) is 17.8. The first-order chi connectivity index (χ1) is 16.0. The number of nitrogens with one attached hydrogen (secondary N) is 3. The molecule has 3 aromatic carbocycles. The summed E-state index contributed by atoms with van der Waals surface area (Å²) in [6.07, 6.45) is 2.02. The van der Waals surface area contributed by atoms with Crippen molar-refractivity contribution < 1.29 is 14.5 Å². The van der Waals surface area contributed by atoms with Gasteiger partial charge in [-0.1, -0.05) is 24.3 Å². The van der Waals surface area contributed by atoms with Crippen LogP contribution in [-0.2, 0) is 0 Å². The molecule has 3 amide bonds. The lowest BCUT2D eigenvalue weighted by atomic mass is 10.1. The van der Waals surface area contributed by atoms with E-state index in [1.54, 1.807) is 42.5 Å². The maximum Gasteiger partial charge on any atom is 0.323 e. The number of nitro groups is 1. The summed E-state index contributed by atoms with van der Waals surface area (Å²) >= 11 is 0. The van der Waals surface area contributed by atoms with Crippen LogP contribution in [0.2, 0.25) is 0 Å². The van der Waals surface area contributed by atoms with E-state index >= 15 is 0 Å². The maximum atomic E-state index is 13.1. The molecule has 1 aliphatic rings. The predicted molar refractivity (Wildman–Crippen MR) is 128 cm³/mol. The number of non-ortho nitro benzene ring substituents is 1. The van der Waals surface area contributed by atoms with E-state index in [2.05, 4.69) is 20.9 Å². The molecule has 0 atom stereocenters. The van der Waals surface area contributed by atoms with Gasteiger partial charge < -0.3 is 20.9 Å². The van der Waals surface area contributed by atoms with Gasteiger partial charge in [-0.05, 0) is 49.2 Å². The maximum absolute atomic E-state index is 13.1. The highest BCUT2D eigenvalue weighted by Crippen LogP contribution is 2.29. The average Bonchev–Trinajstić information content (AvgIpc) is 3.34. The summed E-state index contributed by atoms with van der Waals surface area (Å²) in [5.41, 5.74) is 2.37. The summed E-state index contributed by atoms with van der Waals surface area (Å²) in [5.74, 6) is -0.452. The first kappa shape index (κ1) is 21.8. The van der Waals surface area contributed by atoms with Crippen molar-refractivity contribution in [3.8, 4) is 0 Å². The first-order valence-corrected chi connectivity index (χ1v) is 10.6. The lowest BCUT2D eigenvalue weighted by Crippen LogP contribution is -2.23. The largest absolute Gasteiger partial charge is 0.371 e. The van der Waals surface area contributed by atoms with Gasteiger partial charge in [0.15, 0.2) is 0 Å². The lowest BCUT2D eigenvalue weighted by molar-refractivity contribution is -0.384. The van der Waals surface area contributed by atoms with Gasteiger partial charge in [0.05, 0.1) is 16.2 Å². The molecule has 0 bridgehead atoms. The molecule has 0 unspecified atom stereocenters. The molecule has 9 nitrogen and oxygen atoms in total. The van der Waals surface area contributed by atoms with E-state index in [0.717, 1.165) is 25.9 Å². The quantitative estimate of drug-likeness (QED) is 0.361. The SMILES string of the molecule is O=C(Nc1ccccc1)Nc1cccc(NC(=O)c2cc([N+](=O)[O-])ccc2N2CCCC2)c1. The Morgan fingerprint density at radius 3 is 2.12 bits per heavy atom. The molecule has 9 heteroatoms. The molecule has 0 radical (unpaired) electrons. The number of carbonyl (C=O) groups excluding carboxylic acids is 2. The van der Waals surface area contributed by atoms with Crippen molar-refractivity contribution in [1.82, 2.24) is 0 Å². The molecule has 168 valence electrons. The Labute approximate surface area is 190 Å². The van der Waals surface area contributed by atoms with Crippen LogP contribution in [0.25, 0.3) is 0 Å². The second-order valence-electron chi connectivity index (χ2n) is 7.63. The standard InChI is InChI=1S/C24H23N5O4/c30-23(21-16-20(29(32)33)11-12-22(21)28-13-4-5-14-28)25-18-9-6-10-19(15-18)27-24(31)26-17-7-2-1-3-8-17/h1-3,6-12,15-16H,4-5,13-14H2,(H,25,30)(H2,26,27,31). The van der Waals surface area contributed by atoms with Crippen LogP contribution in [0.1, 0.15) is 23.2 Å². The number of anilines is 4. The van der Waals surface area contributed by atoms with E-state index in [0.29, 0.717) is 22.7 Å². The fraction of sp³-hybridized carbons (Fsp3) is 0.167. The molecule has 1 saturated heterocycles. The molecule has 1 fully saturated rings. The van der Waals surface area contributed by atoms with Gasteiger partial charge >= 0.3 is 6.03 Å². The Kier molecular flexibility index (Phi) is 6.49. The summed E-state index contributed by atoms with van der Waals surface area (Å²) < 4.78 is 0. The van der Waals surface area contributed by atoms with E-state index < -0.39 is 16.9 Å². The number of amides is 3. The molecular weight excluding hydrogens is 422 g/mol. The lowest BCUT2D eigenvalue weighted by Gasteiger charge is -2.21. The third-order valence-electron chi connectivity index (χ3n) is 5.29. The van der Waals surface area contributed by atoms with Gasteiger partial charge in [0.25, 0.3) is 11.6 Å². The number of urea groups is 1. The van der Waals surface area contributed by atoms with Crippen molar-refractivity contribution in [3.05, 3.63) is 88.5 Å². The van der Waals surface area contributed by atoms with E-state index in [4.69, 9.17) is 0 Å². The van der Waals surface area contributed by atoms with Crippen LogP contribution in [0.3, 0.4) is 0 Å². The van der Waals surface area contributed by atoms with Gasteiger partial charge in [-0.15, -0.1) is 0 Å². The zero-order valence-corrected chi connectivity index (χ0v) is 17.8. The fourth-order valence-corrected chi connectivity index (χ4v) is 3.74. The highest BCUT2D eigenvalue weighted by Gasteiger charge is 2.22. The summed E-state index contributed by atoms with van der Waals surface area (Å²) in [7, 11) is 0. The summed E-state index contributed by atoms with van der Waals surface area (Å²) in [5, 5.41) is 19.5. The predicted octanol–water partition coefficient (Wildman–Crippen LogP) is 5.09. The van der Waals surface area contributed by atoms with Gasteiger partial charge in [0, 0.05) is 42.3 Å². The van der Waals surface area contributed by atoms with Crippen LogP contribution < -0.4 is 20.9 Å². The smallest absolute Gasteiger partial charge is 0.323 e. The number of benzene rings is 3. The Morgan fingerprint density at radius 1 is 0.788 bits per heavy atom. The number of para-hydroxylation sites is 1. The second-order valence-corrected chi connectivity index (χ2v) is 7.63. The number of nitrogens with zero attached hydrogens (tertiary/aromatic N) is 2. The minimum absolute atomic E-state index is 0.143. The van der Waals surface area contributed by atoms with Gasteiger partial charge in [-0.25, -0.2) is 4.79 Å². The van der Waals surface area contributed by atoms with Crippen LogP contribution in [0.4, 0.5) is 33.2 Å². The van der Waals surface area contributed by atoms with Crippen LogP contribution >= 0.6 is 0 Å². The van der Waals surface area contributed by atoms with E-state index in [1.165, 1.54) is 12.1 Å². The molecule has 0 saturated carbocycles. The first-order valence-electron chi connectivity index (χ1n) is 10.6. The monoisotopic (exact) mass is 445 g/mol. The number of rotatable bonds is 6. The van der Waals surface area contributed by atoms with E-state index in [9.17, 15) is 19.7 Å². The molecule has 0 aliphatic carbocycles. The van der Waals surface area contributed by atoms with Crippen molar-refractivity contribution in [1.29, 1.82) is 0 Å². The summed E-state index contributed by atoms with van der Waals surface area (Å²) in [6, 6.07) is 19.7. The van der Waals surface area contributed by atoms with Crippen molar-refractivity contribution in [2.45, 2.75) is 12.8 Å². The molecule has 3 N–H and O–H groups in total. The molecule has 33 heavy (non-hydrogen) atoms.